The molecule has 12 heteroatoms. The SMILES string of the molecule is C=C(C)C(=O)O.OCCCO.OCCCO.OCCCO.OCCCO.OCCCO. The molecule has 0 aliphatic carbocycles. The molecular weight excluding hydrogens is 420 g/mol. The lowest BCUT2D eigenvalue weighted by Crippen LogP contribution is -1.92. The number of aliphatic hydroxyl groups excluding tert-OH is 10. The van der Waals surface area contributed by atoms with Gasteiger partial charge in [0.05, 0.1) is 0 Å². The van der Waals surface area contributed by atoms with E-state index in [0.717, 1.165) is 0 Å². The van der Waals surface area contributed by atoms with E-state index in [2.05, 4.69) is 6.58 Å². The minimum atomic E-state index is -0.935. The predicted molar refractivity (Wildman–Crippen MR) is 116 cm³/mol. The topological polar surface area (TPSA) is 240 Å². The Bertz CT molecular complexity index is 222. The predicted octanol–water partition coefficient (Wildman–Crippen LogP) is -2.55. The van der Waals surface area contributed by atoms with Crippen molar-refractivity contribution in [1.82, 2.24) is 0 Å². The summed E-state index contributed by atoms with van der Waals surface area (Å²) in [6.07, 6.45) is 2.50. The summed E-state index contributed by atoms with van der Waals surface area (Å²) >= 11 is 0. The molecule has 0 aliphatic rings. The molecule has 0 saturated carbocycles. The van der Waals surface area contributed by atoms with Gasteiger partial charge in [0, 0.05) is 71.6 Å². The minimum Gasteiger partial charge on any atom is -0.478 e. The first kappa shape index (κ1) is 43.6. The van der Waals surface area contributed by atoms with Crippen molar-refractivity contribution in [3.63, 3.8) is 0 Å². The van der Waals surface area contributed by atoms with Crippen LogP contribution in [0.5, 0.6) is 0 Å². The van der Waals surface area contributed by atoms with Crippen LogP contribution in [0.15, 0.2) is 12.2 Å². The third-order valence-electron chi connectivity index (χ3n) is 1.95. The Morgan fingerprint density at radius 3 is 0.581 bits per heavy atom. The molecule has 0 atom stereocenters. The number of carboxylic acids is 1. The lowest BCUT2D eigenvalue weighted by atomic mass is 10.4. The quantitative estimate of drug-likeness (QED) is 0.141. The van der Waals surface area contributed by atoms with Crippen molar-refractivity contribution in [2.75, 3.05) is 66.1 Å². The number of carbonyl (C=O) groups is 1. The van der Waals surface area contributed by atoms with Gasteiger partial charge < -0.3 is 56.2 Å². The van der Waals surface area contributed by atoms with Gasteiger partial charge in [0.15, 0.2) is 0 Å². The summed E-state index contributed by atoms with van der Waals surface area (Å²) in [5, 5.41) is 87.0. The molecule has 0 aromatic carbocycles. The van der Waals surface area contributed by atoms with Crippen LogP contribution in [0.1, 0.15) is 39.0 Å². The van der Waals surface area contributed by atoms with Gasteiger partial charge >= 0.3 is 5.97 Å². The van der Waals surface area contributed by atoms with Crippen LogP contribution in [-0.4, -0.2) is 128 Å². The van der Waals surface area contributed by atoms with Crippen LogP contribution < -0.4 is 0 Å². The lowest BCUT2D eigenvalue weighted by molar-refractivity contribution is -0.132. The first-order valence-corrected chi connectivity index (χ1v) is 9.69. The molecule has 0 aromatic rings. The van der Waals surface area contributed by atoms with Crippen molar-refractivity contribution in [2.45, 2.75) is 39.0 Å². The molecule has 12 nitrogen and oxygen atoms in total. The Morgan fingerprint density at radius 2 is 0.581 bits per heavy atom. The molecule has 194 valence electrons. The summed E-state index contributed by atoms with van der Waals surface area (Å²) in [5.41, 5.74) is 0.176. The first-order chi connectivity index (χ1) is 14.7. The lowest BCUT2D eigenvalue weighted by Gasteiger charge is -1.79. The monoisotopic (exact) mass is 466 g/mol. The second-order valence-corrected chi connectivity index (χ2v) is 5.09. The molecule has 0 amide bonds. The molecule has 0 spiro atoms. The van der Waals surface area contributed by atoms with E-state index in [0.29, 0.717) is 32.1 Å². The number of hydrogen-bond acceptors (Lipinski definition) is 11. The van der Waals surface area contributed by atoms with Gasteiger partial charge in [-0.15, -0.1) is 0 Å². The van der Waals surface area contributed by atoms with Crippen molar-refractivity contribution in [1.29, 1.82) is 0 Å². The molecule has 0 aromatic heterocycles. The number of aliphatic carboxylic acids is 1. The Hall–Kier alpha value is -1.19. The Morgan fingerprint density at radius 1 is 0.484 bits per heavy atom. The number of aliphatic hydroxyl groups is 10. The zero-order valence-electron chi connectivity index (χ0n) is 18.6. The number of carboxylic acid groups (broad SMARTS) is 1. The van der Waals surface area contributed by atoms with E-state index in [1.165, 1.54) is 6.92 Å². The average Bonchev–Trinajstić information content (AvgIpc) is 2.73. The van der Waals surface area contributed by atoms with E-state index in [9.17, 15) is 4.79 Å². The van der Waals surface area contributed by atoms with Crippen LogP contribution in [0.3, 0.4) is 0 Å². The van der Waals surface area contributed by atoms with Crippen LogP contribution in [0.2, 0.25) is 0 Å². The highest BCUT2D eigenvalue weighted by atomic mass is 16.4. The van der Waals surface area contributed by atoms with E-state index in [-0.39, 0.29) is 71.6 Å². The fraction of sp³-hybridized carbons (Fsp3) is 0.842. The molecule has 0 bridgehead atoms. The summed E-state index contributed by atoms with van der Waals surface area (Å²) in [6, 6.07) is 0. The summed E-state index contributed by atoms with van der Waals surface area (Å²) in [5.74, 6) is -0.935. The highest BCUT2D eigenvalue weighted by Gasteiger charge is 1.90. The Kier molecular flexibility index (Phi) is 79.9. The molecule has 0 rings (SSSR count). The molecule has 0 radical (unpaired) electrons. The van der Waals surface area contributed by atoms with Crippen LogP contribution in [0.25, 0.3) is 0 Å². The van der Waals surface area contributed by atoms with Crippen LogP contribution >= 0.6 is 0 Å². The summed E-state index contributed by atoms with van der Waals surface area (Å²) in [4.78, 5) is 9.60. The van der Waals surface area contributed by atoms with Crippen molar-refractivity contribution in [3.05, 3.63) is 12.2 Å². The molecule has 0 saturated heterocycles. The maximum absolute atomic E-state index is 9.60. The molecule has 0 aliphatic heterocycles. The maximum Gasteiger partial charge on any atom is 0.330 e. The van der Waals surface area contributed by atoms with E-state index < -0.39 is 5.97 Å². The second kappa shape index (κ2) is 56.8. The standard InChI is InChI=1S/C4H6O2.5C3H8O2/c1-3(2)4(5)6;5*4-2-1-3-5/h1H2,2H3,(H,5,6);5*4-5H,1-3H2. The average molecular weight is 467 g/mol. The third-order valence-corrected chi connectivity index (χ3v) is 1.95. The van der Waals surface area contributed by atoms with Gasteiger partial charge in [0.2, 0.25) is 0 Å². The van der Waals surface area contributed by atoms with Gasteiger partial charge in [-0.25, -0.2) is 4.79 Å². The van der Waals surface area contributed by atoms with E-state index in [1.807, 2.05) is 0 Å². The summed E-state index contributed by atoms with van der Waals surface area (Å²) < 4.78 is 0. The molecule has 0 heterocycles. The fourth-order valence-corrected chi connectivity index (χ4v) is 0.354. The zero-order valence-corrected chi connectivity index (χ0v) is 18.6. The molecule has 0 unspecified atom stereocenters. The van der Waals surface area contributed by atoms with Crippen molar-refractivity contribution in [2.24, 2.45) is 0 Å². The van der Waals surface area contributed by atoms with Gasteiger partial charge in [-0.3, -0.25) is 0 Å². The van der Waals surface area contributed by atoms with Crippen LogP contribution in [0, 0.1) is 0 Å². The van der Waals surface area contributed by atoms with Gasteiger partial charge in [-0.05, 0) is 39.0 Å². The van der Waals surface area contributed by atoms with Gasteiger partial charge in [-0.2, -0.15) is 0 Å². The van der Waals surface area contributed by atoms with Crippen molar-refractivity contribution >= 4 is 5.97 Å². The highest BCUT2D eigenvalue weighted by molar-refractivity contribution is 5.84. The van der Waals surface area contributed by atoms with E-state index in [4.69, 9.17) is 56.2 Å². The van der Waals surface area contributed by atoms with Crippen LogP contribution in [-0.2, 0) is 4.79 Å². The second-order valence-electron chi connectivity index (χ2n) is 5.09. The third kappa shape index (κ3) is 126. The summed E-state index contributed by atoms with van der Waals surface area (Å²) in [7, 11) is 0. The summed E-state index contributed by atoms with van der Waals surface area (Å²) in [6.45, 7) is 5.54. The Balaban J connectivity index is -0.0000000606. The van der Waals surface area contributed by atoms with E-state index in [1.54, 1.807) is 0 Å². The molecule has 11 N–H and O–H groups in total. The van der Waals surface area contributed by atoms with Crippen LogP contribution in [0.4, 0.5) is 0 Å². The molecule has 31 heavy (non-hydrogen) atoms. The molecule has 0 fully saturated rings. The van der Waals surface area contributed by atoms with Gasteiger partial charge in [-0.1, -0.05) is 6.58 Å². The normalized spacial score (nSPS) is 8.23. The highest BCUT2D eigenvalue weighted by Crippen LogP contribution is 1.81. The van der Waals surface area contributed by atoms with Crippen molar-refractivity contribution < 1.29 is 61.0 Å². The number of rotatable bonds is 11. The van der Waals surface area contributed by atoms with Crippen molar-refractivity contribution in [3.8, 4) is 0 Å². The van der Waals surface area contributed by atoms with Gasteiger partial charge in [0.25, 0.3) is 0 Å². The number of hydrogen-bond donors (Lipinski definition) is 11. The fourth-order valence-electron chi connectivity index (χ4n) is 0.354. The minimum absolute atomic E-state index is 0.0938. The first-order valence-electron chi connectivity index (χ1n) is 9.69. The zero-order chi connectivity index (χ0) is 25.8. The van der Waals surface area contributed by atoms with E-state index >= 15 is 0 Å². The molecular formula is C19H46O12. The Labute approximate surface area is 185 Å². The maximum atomic E-state index is 9.60. The van der Waals surface area contributed by atoms with Gasteiger partial charge in [0.1, 0.15) is 0 Å². The largest absolute Gasteiger partial charge is 0.478 e. The smallest absolute Gasteiger partial charge is 0.330 e.